The first-order valence-corrected chi connectivity index (χ1v) is 6.28. The van der Waals surface area contributed by atoms with Gasteiger partial charge in [0.1, 0.15) is 29.4 Å². The molecule has 0 aliphatic carbocycles. The van der Waals surface area contributed by atoms with Crippen LogP contribution in [0.25, 0.3) is 0 Å². The van der Waals surface area contributed by atoms with Crippen LogP contribution in [0.5, 0.6) is 28.7 Å². The molecule has 1 atom stereocenters. The number of hydrogen-bond acceptors (Lipinski definition) is 7. The third-order valence-corrected chi connectivity index (χ3v) is 2.89. The predicted molar refractivity (Wildman–Crippen MR) is 75.4 cm³/mol. The van der Waals surface area contributed by atoms with Crippen molar-refractivity contribution in [3.63, 3.8) is 0 Å². The summed E-state index contributed by atoms with van der Waals surface area (Å²) in [5, 5.41) is 45.0. The van der Waals surface area contributed by atoms with Crippen molar-refractivity contribution in [3.05, 3.63) is 42.0 Å². The van der Waals surface area contributed by atoms with Gasteiger partial charge in [0.2, 0.25) is 5.78 Å². The first-order valence-electron chi connectivity index (χ1n) is 6.28. The molecule has 2 aromatic carbocycles. The smallest absolute Gasteiger partial charge is 0.202 e. The van der Waals surface area contributed by atoms with Crippen molar-refractivity contribution in [1.29, 1.82) is 0 Å². The highest BCUT2D eigenvalue weighted by molar-refractivity contribution is 6.05. The van der Waals surface area contributed by atoms with Crippen LogP contribution in [-0.4, -0.2) is 44.0 Å². The summed E-state index contributed by atoms with van der Waals surface area (Å²) in [6, 6.07) is 8.39. The number of phenolic OH excluding ortho intramolecular Hbond substituents is 4. The summed E-state index contributed by atoms with van der Waals surface area (Å²) in [7, 11) is 0. The SMILES string of the molecule is O=C1c2c(O)cc(O)cc2OCC1O.Oc1ccccc1O. The molecule has 1 aliphatic rings. The van der Waals surface area contributed by atoms with E-state index < -0.39 is 11.9 Å². The van der Waals surface area contributed by atoms with Gasteiger partial charge >= 0.3 is 0 Å². The van der Waals surface area contributed by atoms with Crippen LogP contribution in [0.3, 0.4) is 0 Å². The lowest BCUT2D eigenvalue weighted by Crippen LogP contribution is -2.32. The standard InChI is InChI=1S/C9H8O5.C6H6O2/c10-4-1-5(11)8-7(2-4)14-3-6(12)9(8)13;7-5-3-1-2-4-6(5)8/h1-2,6,10-12H,3H2;1-4,7-8H. The Kier molecular flexibility index (Phi) is 4.38. The van der Waals surface area contributed by atoms with E-state index in [0.717, 1.165) is 6.07 Å². The molecule has 0 saturated carbocycles. The molecule has 1 unspecified atom stereocenters. The molecule has 7 nitrogen and oxygen atoms in total. The van der Waals surface area contributed by atoms with Gasteiger partial charge in [0.25, 0.3) is 0 Å². The summed E-state index contributed by atoms with van der Waals surface area (Å²) in [5.74, 6) is -1.23. The number of ketones is 1. The van der Waals surface area contributed by atoms with Crippen LogP contribution in [0.2, 0.25) is 0 Å². The number of para-hydroxylation sites is 2. The van der Waals surface area contributed by atoms with Crippen molar-refractivity contribution in [3.8, 4) is 28.7 Å². The summed E-state index contributed by atoms with van der Waals surface area (Å²) < 4.78 is 4.98. The number of fused-ring (bicyclic) bond motifs is 1. The van der Waals surface area contributed by atoms with E-state index in [2.05, 4.69) is 0 Å². The van der Waals surface area contributed by atoms with E-state index in [0.29, 0.717) is 0 Å². The number of aliphatic hydroxyl groups excluding tert-OH is 1. The average Bonchev–Trinajstić information content (AvgIpc) is 2.46. The molecule has 3 rings (SSSR count). The van der Waals surface area contributed by atoms with Crippen LogP contribution in [0.1, 0.15) is 10.4 Å². The van der Waals surface area contributed by atoms with Crippen molar-refractivity contribution >= 4 is 5.78 Å². The van der Waals surface area contributed by atoms with Gasteiger partial charge in [0.15, 0.2) is 17.6 Å². The molecule has 0 aromatic heterocycles. The average molecular weight is 306 g/mol. The lowest BCUT2D eigenvalue weighted by atomic mass is 10.0. The Morgan fingerprint density at radius 3 is 2.09 bits per heavy atom. The lowest BCUT2D eigenvalue weighted by molar-refractivity contribution is 0.0552. The molecule has 1 aliphatic heterocycles. The van der Waals surface area contributed by atoms with Gasteiger partial charge in [-0.1, -0.05) is 12.1 Å². The molecule has 116 valence electrons. The lowest BCUT2D eigenvalue weighted by Gasteiger charge is -2.21. The number of aliphatic hydroxyl groups is 1. The molecule has 0 bridgehead atoms. The Labute approximate surface area is 125 Å². The molecule has 5 N–H and O–H groups in total. The van der Waals surface area contributed by atoms with Gasteiger partial charge in [-0.3, -0.25) is 4.79 Å². The Hall–Kier alpha value is -2.93. The number of carbonyl (C=O) groups is 1. The van der Waals surface area contributed by atoms with Gasteiger partial charge in [0, 0.05) is 12.1 Å². The van der Waals surface area contributed by atoms with Gasteiger partial charge in [-0.05, 0) is 12.1 Å². The quantitative estimate of drug-likeness (QED) is 0.462. The van der Waals surface area contributed by atoms with Crippen LogP contribution in [0.4, 0.5) is 0 Å². The van der Waals surface area contributed by atoms with Crippen LogP contribution in [0, 0.1) is 0 Å². The largest absolute Gasteiger partial charge is 0.508 e. The number of benzene rings is 2. The number of rotatable bonds is 0. The maximum atomic E-state index is 11.4. The van der Waals surface area contributed by atoms with E-state index in [4.69, 9.17) is 20.1 Å². The zero-order valence-corrected chi connectivity index (χ0v) is 11.3. The van der Waals surface area contributed by atoms with Crippen LogP contribution < -0.4 is 4.74 Å². The third-order valence-electron chi connectivity index (χ3n) is 2.89. The number of Topliss-reactive ketones (excluding diaryl/α,β-unsaturated/α-hetero) is 1. The Balaban J connectivity index is 0.000000188. The highest BCUT2D eigenvalue weighted by Gasteiger charge is 2.30. The Morgan fingerprint density at radius 1 is 0.955 bits per heavy atom. The zero-order chi connectivity index (χ0) is 16.3. The van der Waals surface area contributed by atoms with E-state index in [1.807, 2.05) is 0 Å². The zero-order valence-electron chi connectivity index (χ0n) is 11.3. The monoisotopic (exact) mass is 306 g/mol. The Morgan fingerprint density at radius 2 is 1.55 bits per heavy atom. The molecule has 0 radical (unpaired) electrons. The maximum absolute atomic E-state index is 11.4. The van der Waals surface area contributed by atoms with Crippen molar-refractivity contribution in [2.45, 2.75) is 6.10 Å². The molecule has 0 spiro atoms. The van der Waals surface area contributed by atoms with Crippen molar-refractivity contribution in [2.24, 2.45) is 0 Å². The maximum Gasteiger partial charge on any atom is 0.202 e. The van der Waals surface area contributed by atoms with E-state index in [1.54, 1.807) is 12.1 Å². The molecular formula is C15H14O7. The van der Waals surface area contributed by atoms with E-state index in [1.165, 1.54) is 18.2 Å². The van der Waals surface area contributed by atoms with Gasteiger partial charge in [-0.25, -0.2) is 0 Å². The van der Waals surface area contributed by atoms with Crippen molar-refractivity contribution in [1.82, 2.24) is 0 Å². The molecular weight excluding hydrogens is 292 g/mol. The molecule has 0 saturated heterocycles. The summed E-state index contributed by atoms with van der Waals surface area (Å²) in [5.41, 5.74) is -0.0819. The van der Waals surface area contributed by atoms with Crippen molar-refractivity contribution in [2.75, 3.05) is 6.61 Å². The van der Waals surface area contributed by atoms with Gasteiger partial charge in [-0.15, -0.1) is 0 Å². The first-order chi connectivity index (χ1) is 10.4. The third kappa shape index (κ3) is 3.21. The normalized spacial score (nSPS) is 16.0. The number of hydrogen-bond donors (Lipinski definition) is 5. The summed E-state index contributed by atoms with van der Waals surface area (Å²) in [6.45, 7) is -0.158. The predicted octanol–water partition coefficient (Wildman–Crippen LogP) is 1.13. The fraction of sp³-hybridized carbons (Fsp3) is 0.133. The molecule has 22 heavy (non-hydrogen) atoms. The summed E-state index contributed by atoms with van der Waals surface area (Å²) in [6.07, 6.45) is -1.25. The van der Waals surface area contributed by atoms with Crippen LogP contribution >= 0.6 is 0 Å². The van der Waals surface area contributed by atoms with Gasteiger partial charge in [-0.2, -0.15) is 0 Å². The van der Waals surface area contributed by atoms with E-state index >= 15 is 0 Å². The summed E-state index contributed by atoms with van der Waals surface area (Å²) >= 11 is 0. The highest BCUT2D eigenvalue weighted by Crippen LogP contribution is 2.35. The Bertz CT molecular complexity index is 675. The minimum absolute atomic E-state index is 0.0764. The minimum Gasteiger partial charge on any atom is -0.508 e. The molecule has 0 fully saturated rings. The second kappa shape index (κ2) is 6.23. The summed E-state index contributed by atoms with van der Waals surface area (Å²) in [4.78, 5) is 11.4. The fourth-order valence-corrected chi connectivity index (χ4v) is 1.82. The van der Waals surface area contributed by atoms with Crippen LogP contribution in [0.15, 0.2) is 36.4 Å². The molecule has 7 heteroatoms. The van der Waals surface area contributed by atoms with Gasteiger partial charge in [0.05, 0.1) is 0 Å². The number of ether oxygens (including phenoxy) is 1. The molecule has 1 heterocycles. The fourth-order valence-electron chi connectivity index (χ4n) is 1.82. The highest BCUT2D eigenvalue weighted by atomic mass is 16.5. The van der Waals surface area contributed by atoms with Crippen LogP contribution in [-0.2, 0) is 0 Å². The first kappa shape index (κ1) is 15.5. The number of phenols is 4. The molecule has 2 aromatic rings. The van der Waals surface area contributed by atoms with E-state index in [9.17, 15) is 15.0 Å². The van der Waals surface area contributed by atoms with Crippen molar-refractivity contribution < 1.29 is 35.1 Å². The number of carbonyl (C=O) groups excluding carboxylic acids is 1. The van der Waals surface area contributed by atoms with Gasteiger partial charge < -0.3 is 30.3 Å². The minimum atomic E-state index is -1.25. The molecule has 0 amide bonds. The van der Waals surface area contributed by atoms with E-state index in [-0.39, 0.29) is 40.9 Å². The second-order valence-electron chi connectivity index (χ2n) is 4.52. The number of aromatic hydroxyl groups is 4. The second-order valence-corrected chi connectivity index (χ2v) is 4.52. The topological polar surface area (TPSA) is 127 Å².